The molecule has 1 amide bonds. The molecule has 0 saturated heterocycles. The molecule has 6 heteroatoms. The number of likely N-dealkylation sites (N-methyl/N-ethyl adjacent to an activating group) is 1. The number of nitrogens with zero attached hydrogens (tertiary/aromatic N) is 3. The molecule has 0 radical (unpaired) electrons. The highest BCUT2D eigenvalue weighted by Crippen LogP contribution is 2.31. The number of hydrogen-bond donors (Lipinski definition) is 0. The summed E-state index contributed by atoms with van der Waals surface area (Å²) in [6, 6.07) is 23.0. The van der Waals surface area contributed by atoms with Crippen LogP contribution < -0.4 is 9.64 Å². The van der Waals surface area contributed by atoms with E-state index in [-0.39, 0.29) is 5.91 Å². The number of para-hydroxylation sites is 2. The first-order valence-corrected chi connectivity index (χ1v) is 11.0. The number of benzene rings is 3. The van der Waals surface area contributed by atoms with Crippen LogP contribution in [0.15, 0.2) is 72.8 Å². The molecular formula is C25H25N3O2S. The third-order valence-electron chi connectivity index (χ3n) is 4.94. The molecule has 0 saturated carbocycles. The van der Waals surface area contributed by atoms with Crippen molar-refractivity contribution in [3.8, 4) is 11.5 Å². The molecule has 4 aromatic rings. The van der Waals surface area contributed by atoms with E-state index in [9.17, 15) is 4.79 Å². The minimum Gasteiger partial charge on any atom is -0.457 e. The lowest BCUT2D eigenvalue weighted by atomic mass is 10.2. The van der Waals surface area contributed by atoms with Crippen LogP contribution in [0.5, 0.6) is 11.5 Å². The van der Waals surface area contributed by atoms with E-state index in [0.29, 0.717) is 17.9 Å². The van der Waals surface area contributed by atoms with Gasteiger partial charge in [0.1, 0.15) is 11.5 Å². The molecule has 5 nitrogen and oxygen atoms in total. The van der Waals surface area contributed by atoms with Gasteiger partial charge in [-0.1, -0.05) is 41.7 Å². The van der Waals surface area contributed by atoms with Gasteiger partial charge in [-0.25, -0.2) is 4.98 Å². The van der Waals surface area contributed by atoms with Gasteiger partial charge in [-0.2, -0.15) is 0 Å². The molecule has 0 spiro atoms. The lowest BCUT2D eigenvalue weighted by molar-refractivity contribution is 0.0985. The molecule has 1 aromatic heterocycles. The molecule has 0 aliphatic heterocycles. The molecule has 158 valence electrons. The molecule has 0 aliphatic carbocycles. The molecule has 3 aromatic carbocycles. The Morgan fingerprint density at radius 1 is 0.903 bits per heavy atom. The molecule has 0 N–H and O–H groups in total. The highest BCUT2D eigenvalue weighted by Gasteiger charge is 2.22. The Hall–Kier alpha value is -3.22. The number of fused-ring (bicyclic) bond motifs is 1. The summed E-state index contributed by atoms with van der Waals surface area (Å²) in [6.07, 6.45) is 0. The smallest absolute Gasteiger partial charge is 0.260 e. The van der Waals surface area contributed by atoms with Crippen molar-refractivity contribution in [2.45, 2.75) is 6.92 Å². The quantitative estimate of drug-likeness (QED) is 0.382. The highest BCUT2D eigenvalue weighted by molar-refractivity contribution is 7.22. The molecule has 0 aliphatic rings. The SMILES string of the molecule is Cc1cccc2sc(N(CCN(C)C)C(=O)c3ccc(Oc4ccccc4)cc3)nc12. The van der Waals surface area contributed by atoms with Crippen molar-refractivity contribution in [1.29, 1.82) is 0 Å². The van der Waals surface area contributed by atoms with Gasteiger partial charge in [0.25, 0.3) is 5.91 Å². The number of amides is 1. The van der Waals surface area contributed by atoms with Crippen LogP contribution in [0.1, 0.15) is 15.9 Å². The largest absolute Gasteiger partial charge is 0.457 e. The van der Waals surface area contributed by atoms with Gasteiger partial charge < -0.3 is 9.64 Å². The Morgan fingerprint density at radius 2 is 1.61 bits per heavy atom. The molecule has 4 rings (SSSR count). The van der Waals surface area contributed by atoms with Gasteiger partial charge in [0, 0.05) is 18.7 Å². The number of thiazole rings is 1. The fourth-order valence-electron chi connectivity index (χ4n) is 3.22. The van der Waals surface area contributed by atoms with Crippen molar-refractivity contribution in [3.63, 3.8) is 0 Å². The predicted octanol–water partition coefficient (Wildman–Crippen LogP) is 5.61. The van der Waals surface area contributed by atoms with E-state index in [1.807, 2.05) is 93.8 Å². The predicted molar refractivity (Wildman–Crippen MR) is 128 cm³/mol. The number of aromatic nitrogens is 1. The van der Waals surface area contributed by atoms with Crippen molar-refractivity contribution in [2.24, 2.45) is 0 Å². The first-order valence-electron chi connectivity index (χ1n) is 10.2. The second kappa shape index (κ2) is 9.29. The van der Waals surface area contributed by atoms with Crippen LogP contribution in [0.4, 0.5) is 5.13 Å². The maximum atomic E-state index is 13.4. The first kappa shape index (κ1) is 21.0. The average Bonchev–Trinajstić information content (AvgIpc) is 3.20. The third-order valence-corrected chi connectivity index (χ3v) is 5.98. The lowest BCUT2D eigenvalue weighted by Gasteiger charge is -2.22. The van der Waals surface area contributed by atoms with Crippen LogP contribution in [0.2, 0.25) is 0 Å². The number of anilines is 1. The summed E-state index contributed by atoms with van der Waals surface area (Å²) in [5.41, 5.74) is 2.68. The van der Waals surface area contributed by atoms with Gasteiger partial charge in [0.15, 0.2) is 5.13 Å². The summed E-state index contributed by atoms with van der Waals surface area (Å²) in [5, 5.41) is 0.723. The van der Waals surface area contributed by atoms with E-state index >= 15 is 0 Å². The number of carbonyl (C=O) groups excluding carboxylic acids is 1. The van der Waals surface area contributed by atoms with Gasteiger partial charge in [-0.15, -0.1) is 0 Å². The zero-order valence-corrected chi connectivity index (χ0v) is 18.7. The summed E-state index contributed by atoms with van der Waals surface area (Å²) < 4.78 is 6.94. The number of hydrogen-bond acceptors (Lipinski definition) is 5. The summed E-state index contributed by atoms with van der Waals surface area (Å²) in [4.78, 5) is 22.1. The van der Waals surface area contributed by atoms with Gasteiger partial charge in [-0.3, -0.25) is 9.69 Å². The minimum absolute atomic E-state index is 0.0650. The third kappa shape index (κ3) is 4.93. The lowest BCUT2D eigenvalue weighted by Crippen LogP contribution is -2.36. The van der Waals surface area contributed by atoms with Crippen molar-refractivity contribution in [3.05, 3.63) is 83.9 Å². The van der Waals surface area contributed by atoms with Crippen LogP contribution in [-0.4, -0.2) is 43.0 Å². The Kier molecular flexibility index (Phi) is 6.30. The zero-order valence-electron chi connectivity index (χ0n) is 17.9. The number of ether oxygens (including phenoxy) is 1. The summed E-state index contributed by atoms with van der Waals surface area (Å²) in [6.45, 7) is 3.35. The zero-order chi connectivity index (χ0) is 21.8. The molecule has 31 heavy (non-hydrogen) atoms. The minimum atomic E-state index is -0.0650. The van der Waals surface area contributed by atoms with Crippen LogP contribution in [0.25, 0.3) is 10.2 Å². The second-order valence-electron chi connectivity index (χ2n) is 7.62. The molecule has 0 fully saturated rings. The maximum Gasteiger partial charge on any atom is 0.260 e. The fraction of sp³-hybridized carbons (Fsp3) is 0.200. The standard InChI is InChI=1S/C25H25N3O2S/c1-18-8-7-11-22-23(18)26-25(31-22)28(17-16-27(2)3)24(29)19-12-14-21(15-13-19)30-20-9-5-4-6-10-20/h4-15H,16-17H2,1-3H3. The van der Waals surface area contributed by atoms with E-state index in [0.717, 1.165) is 33.2 Å². The van der Waals surface area contributed by atoms with E-state index in [2.05, 4.69) is 4.90 Å². The Bertz CT molecular complexity index is 1170. The van der Waals surface area contributed by atoms with Crippen LogP contribution in [-0.2, 0) is 0 Å². The summed E-state index contributed by atoms with van der Waals surface area (Å²) in [7, 11) is 4.00. The molecular weight excluding hydrogens is 406 g/mol. The second-order valence-corrected chi connectivity index (χ2v) is 8.63. The van der Waals surface area contributed by atoms with Crippen LogP contribution in [0, 0.1) is 6.92 Å². The average molecular weight is 432 g/mol. The monoisotopic (exact) mass is 431 g/mol. The highest BCUT2D eigenvalue weighted by atomic mass is 32.1. The molecule has 0 bridgehead atoms. The summed E-state index contributed by atoms with van der Waals surface area (Å²) in [5.74, 6) is 1.39. The molecule has 0 atom stereocenters. The van der Waals surface area contributed by atoms with Crippen molar-refractivity contribution < 1.29 is 9.53 Å². The van der Waals surface area contributed by atoms with Gasteiger partial charge in [0.2, 0.25) is 0 Å². The van der Waals surface area contributed by atoms with E-state index in [4.69, 9.17) is 9.72 Å². The van der Waals surface area contributed by atoms with Crippen LogP contribution in [0.3, 0.4) is 0 Å². The number of carbonyl (C=O) groups is 1. The van der Waals surface area contributed by atoms with Crippen molar-refractivity contribution >= 4 is 32.6 Å². The van der Waals surface area contributed by atoms with Crippen LogP contribution >= 0.6 is 11.3 Å². The number of rotatable bonds is 7. The van der Waals surface area contributed by atoms with Crippen molar-refractivity contribution in [2.75, 3.05) is 32.1 Å². The topological polar surface area (TPSA) is 45.7 Å². The molecule has 1 heterocycles. The van der Waals surface area contributed by atoms with Gasteiger partial charge in [0.05, 0.1) is 10.2 Å². The van der Waals surface area contributed by atoms with E-state index < -0.39 is 0 Å². The first-order chi connectivity index (χ1) is 15.0. The van der Waals surface area contributed by atoms with E-state index in [1.54, 1.807) is 16.2 Å². The number of aryl methyl sites for hydroxylation is 1. The van der Waals surface area contributed by atoms with E-state index in [1.165, 1.54) is 0 Å². The van der Waals surface area contributed by atoms with Gasteiger partial charge in [-0.05, 0) is 69.0 Å². The van der Waals surface area contributed by atoms with Crippen molar-refractivity contribution in [1.82, 2.24) is 9.88 Å². The fourth-order valence-corrected chi connectivity index (χ4v) is 4.29. The maximum absolute atomic E-state index is 13.4. The molecule has 0 unspecified atom stereocenters. The van der Waals surface area contributed by atoms with Gasteiger partial charge >= 0.3 is 0 Å². The normalized spacial score (nSPS) is 11.1. The summed E-state index contributed by atoms with van der Waals surface area (Å²) >= 11 is 1.55. The Morgan fingerprint density at radius 3 is 2.29 bits per heavy atom. The Labute approximate surface area is 186 Å². The Balaban J connectivity index is 1.60.